The van der Waals surface area contributed by atoms with E-state index in [-0.39, 0.29) is 0 Å². The Morgan fingerprint density at radius 2 is 2.31 bits per heavy atom. The van der Waals surface area contributed by atoms with Gasteiger partial charge in [0.1, 0.15) is 0 Å². The molecule has 88 valence electrons. The van der Waals surface area contributed by atoms with Crippen molar-refractivity contribution in [1.29, 1.82) is 0 Å². The lowest BCUT2D eigenvalue weighted by atomic mass is 10.0. The molecular formula is C13H18ClNS. The zero-order valence-corrected chi connectivity index (χ0v) is 11.4. The van der Waals surface area contributed by atoms with E-state index in [0.717, 1.165) is 11.6 Å². The third kappa shape index (κ3) is 2.73. The molecule has 0 saturated carbocycles. The first-order chi connectivity index (χ1) is 7.70. The van der Waals surface area contributed by atoms with Gasteiger partial charge < -0.3 is 5.32 Å². The summed E-state index contributed by atoms with van der Waals surface area (Å²) in [6.07, 6.45) is 2.37. The summed E-state index contributed by atoms with van der Waals surface area (Å²) in [7, 11) is 0. The van der Waals surface area contributed by atoms with Gasteiger partial charge in [-0.1, -0.05) is 25.4 Å². The molecule has 1 N–H and O–H groups in total. The van der Waals surface area contributed by atoms with E-state index >= 15 is 0 Å². The van der Waals surface area contributed by atoms with Crippen LogP contribution in [-0.4, -0.2) is 11.8 Å². The number of rotatable bonds is 3. The molecule has 16 heavy (non-hydrogen) atoms. The second-order valence-corrected chi connectivity index (χ2v) is 6.27. The number of benzene rings is 1. The molecule has 0 amide bonds. The van der Waals surface area contributed by atoms with Gasteiger partial charge in [0, 0.05) is 21.2 Å². The lowest BCUT2D eigenvalue weighted by Gasteiger charge is -2.30. The molecule has 0 fully saturated rings. The highest BCUT2D eigenvalue weighted by Crippen LogP contribution is 2.41. The minimum absolute atomic E-state index is 0.477. The van der Waals surface area contributed by atoms with E-state index in [1.54, 1.807) is 0 Å². The fraction of sp³-hybridized carbons (Fsp3) is 0.538. The van der Waals surface area contributed by atoms with Gasteiger partial charge in [-0.2, -0.15) is 0 Å². The molecule has 2 unspecified atom stereocenters. The average Bonchev–Trinajstić information content (AvgIpc) is 2.26. The van der Waals surface area contributed by atoms with Crippen molar-refractivity contribution in [3.05, 3.63) is 28.8 Å². The Kier molecular flexibility index (Phi) is 4.17. The van der Waals surface area contributed by atoms with Crippen LogP contribution in [0.3, 0.4) is 0 Å². The van der Waals surface area contributed by atoms with Crippen LogP contribution in [0.5, 0.6) is 0 Å². The number of thioether (sulfide) groups is 1. The molecule has 2 atom stereocenters. The molecule has 1 aliphatic rings. The van der Waals surface area contributed by atoms with E-state index in [2.05, 4.69) is 31.3 Å². The highest BCUT2D eigenvalue weighted by Gasteiger charge is 2.24. The van der Waals surface area contributed by atoms with Crippen LogP contribution >= 0.6 is 23.4 Å². The molecule has 1 aromatic rings. The van der Waals surface area contributed by atoms with Crippen molar-refractivity contribution in [2.75, 3.05) is 6.54 Å². The third-order valence-electron chi connectivity index (χ3n) is 2.88. The van der Waals surface area contributed by atoms with E-state index in [1.807, 2.05) is 17.8 Å². The minimum Gasteiger partial charge on any atom is -0.310 e. The Morgan fingerprint density at radius 3 is 3.06 bits per heavy atom. The van der Waals surface area contributed by atoms with Gasteiger partial charge in [0.2, 0.25) is 0 Å². The lowest BCUT2D eigenvalue weighted by molar-refractivity contribution is 0.486. The molecule has 1 nitrogen and oxygen atoms in total. The second-order valence-electron chi connectivity index (χ2n) is 4.35. The predicted octanol–water partition coefficient (Wildman–Crippen LogP) is 4.27. The number of hydrogen-bond donors (Lipinski definition) is 1. The molecule has 0 spiro atoms. The van der Waals surface area contributed by atoms with Gasteiger partial charge in [-0.25, -0.2) is 0 Å². The van der Waals surface area contributed by atoms with E-state index < -0.39 is 0 Å². The summed E-state index contributed by atoms with van der Waals surface area (Å²) in [5, 5.41) is 5.14. The van der Waals surface area contributed by atoms with E-state index in [4.69, 9.17) is 11.6 Å². The fourth-order valence-corrected chi connectivity index (χ4v) is 3.52. The molecule has 0 radical (unpaired) electrons. The van der Waals surface area contributed by atoms with Crippen LogP contribution in [0.1, 0.15) is 38.3 Å². The van der Waals surface area contributed by atoms with Crippen LogP contribution in [0.25, 0.3) is 0 Å². The van der Waals surface area contributed by atoms with Gasteiger partial charge >= 0.3 is 0 Å². The number of hydrogen-bond acceptors (Lipinski definition) is 2. The summed E-state index contributed by atoms with van der Waals surface area (Å²) in [4.78, 5) is 1.39. The van der Waals surface area contributed by atoms with Gasteiger partial charge in [-0.3, -0.25) is 0 Å². The van der Waals surface area contributed by atoms with Crippen LogP contribution in [-0.2, 0) is 0 Å². The Bertz CT molecular complexity index is 367. The number of halogens is 1. The van der Waals surface area contributed by atoms with Gasteiger partial charge in [-0.15, -0.1) is 11.8 Å². The van der Waals surface area contributed by atoms with Crippen LogP contribution in [0.15, 0.2) is 23.1 Å². The quantitative estimate of drug-likeness (QED) is 0.866. The smallest absolute Gasteiger partial charge is 0.0410 e. The summed E-state index contributed by atoms with van der Waals surface area (Å²) < 4.78 is 0. The Morgan fingerprint density at radius 1 is 1.50 bits per heavy atom. The highest BCUT2D eigenvalue weighted by atomic mass is 35.5. The first kappa shape index (κ1) is 12.3. The van der Waals surface area contributed by atoms with Crippen molar-refractivity contribution < 1.29 is 0 Å². The highest BCUT2D eigenvalue weighted by molar-refractivity contribution is 8.00. The van der Waals surface area contributed by atoms with E-state index in [0.29, 0.717) is 11.3 Å². The molecule has 1 heterocycles. The zero-order valence-electron chi connectivity index (χ0n) is 9.79. The first-order valence-electron chi connectivity index (χ1n) is 5.90. The van der Waals surface area contributed by atoms with Crippen molar-refractivity contribution >= 4 is 23.4 Å². The van der Waals surface area contributed by atoms with Crippen LogP contribution in [0.2, 0.25) is 5.02 Å². The van der Waals surface area contributed by atoms with Gasteiger partial charge in [0.05, 0.1) is 0 Å². The van der Waals surface area contributed by atoms with Crippen LogP contribution in [0, 0.1) is 0 Å². The monoisotopic (exact) mass is 255 g/mol. The van der Waals surface area contributed by atoms with Gasteiger partial charge in [-0.05, 0) is 43.1 Å². The summed E-state index contributed by atoms with van der Waals surface area (Å²) in [6.45, 7) is 5.57. The number of fused-ring (bicyclic) bond motifs is 1. The standard InChI is InChI=1S/C13H18ClNS/c1-3-6-15-12-7-9(2)16-13-5-4-10(14)8-11(12)13/h4-5,8-9,12,15H,3,6-7H2,1-2H3. The summed E-state index contributed by atoms with van der Waals surface area (Å²) in [6, 6.07) is 6.73. The Hall–Kier alpha value is -0.180. The molecule has 1 aromatic carbocycles. The molecule has 1 aliphatic heterocycles. The van der Waals surface area contributed by atoms with Gasteiger partial charge in [0.25, 0.3) is 0 Å². The van der Waals surface area contributed by atoms with Crippen molar-refractivity contribution in [3.8, 4) is 0 Å². The maximum absolute atomic E-state index is 6.08. The SMILES string of the molecule is CCCNC1CC(C)Sc2ccc(Cl)cc21. The van der Waals surface area contributed by atoms with Crippen LogP contribution < -0.4 is 5.32 Å². The fourth-order valence-electron chi connectivity index (χ4n) is 2.13. The Balaban J connectivity index is 2.24. The minimum atomic E-state index is 0.477. The van der Waals surface area contributed by atoms with Gasteiger partial charge in [0.15, 0.2) is 0 Å². The molecule has 0 aromatic heterocycles. The zero-order chi connectivity index (χ0) is 11.5. The van der Waals surface area contributed by atoms with Crippen molar-refractivity contribution in [3.63, 3.8) is 0 Å². The van der Waals surface area contributed by atoms with Crippen molar-refractivity contribution in [1.82, 2.24) is 5.32 Å². The van der Waals surface area contributed by atoms with E-state index in [1.165, 1.54) is 23.3 Å². The molecule has 2 rings (SSSR count). The van der Waals surface area contributed by atoms with Crippen molar-refractivity contribution in [2.45, 2.75) is 42.9 Å². The number of nitrogens with one attached hydrogen (secondary N) is 1. The van der Waals surface area contributed by atoms with Crippen molar-refractivity contribution in [2.24, 2.45) is 0 Å². The lowest BCUT2D eigenvalue weighted by Crippen LogP contribution is -2.27. The largest absolute Gasteiger partial charge is 0.310 e. The summed E-state index contributed by atoms with van der Waals surface area (Å²) in [5.41, 5.74) is 1.38. The molecular weight excluding hydrogens is 238 g/mol. The predicted molar refractivity (Wildman–Crippen MR) is 72.4 cm³/mol. The average molecular weight is 256 g/mol. The maximum atomic E-state index is 6.08. The summed E-state index contributed by atoms with van der Waals surface area (Å²) >= 11 is 8.03. The topological polar surface area (TPSA) is 12.0 Å². The Labute approximate surface area is 107 Å². The molecule has 3 heteroatoms. The third-order valence-corrected chi connectivity index (χ3v) is 4.34. The van der Waals surface area contributed by atoms with E-state index in [9.17, 15) is 0 Å². The molecule has 0 saturated heterocycles. The molecule has 0 aliphatic carbocycles. The normalized spacial score (nSPS) is 24.2. The second kappa shape index (κ2) is 5.44. The maximum Gasteiger partial charge on any atom is 0.0410 e. The first-order valence-corrected chi connectivity index (χ1v) is 7.16. The molecule has 0 bridgehead atoms. The van der Waals surface area contributed by atoms with Crippen LogP contribution in [0.4, 0.5) is 0 Å². The summed E-state index contributed by atoms with van der Waals surface area (Å²) in [5.74, 6) is 0.